The highest BCUT2D eigenvalue weighted by Crippen LogP contribution is 2.26. The van der Waals surface area contributed by atoms with Gasteiger partial charge in [-0.1, -0.05) is 36.4 Å². The third kappa shape index (κ3) is 4.20. The minimum Gasteiger partial charge on any atom is -0.487 e. The fourth-order valence-corrected chi connectivity index (χ4v) is 4.01. The third-order valence-electron chi connectivity index (χ3n) is 4.36. The number of hydrogen-bond donors (Lipinski definition) is 1. The lowest BCUT2D eigenvalue weighted by molar-refractivity contribution is 0.310. The SMILES string of the molecule is O=S(=O)(Nc1ccccc1COc1cccc2cccnc12)c1ccc(F)cc1. The van der Waals surface area contributed by atoms with Gasteiger partial charge in [-0.25, -0.2) is 12.8 Å². The molecule has 0 saturated heterocycles. The van der Waals surface area contributed by atoms with E-state index in [2.05, 4.69) is 9.71 Å². The van der Waals surface area contributed by atoms with E-state index in [1.165, 1.54) is 12.1 Å². The number of sulfonamides is 1. The lowest BCUT2D eigenvalue weighted by Gasteiger charge is -2.14. The number of rotatable bonds is 6. The first-order valence-electron chi connectivity index (χ1n) is 8.86. The van der Waals surface area contributed by atoms with E-state index in [9.17, 15) is 12.8 Å². The van der Waals surface area contributed by atoms with E-state index >= 15 is 0 Å². The van der Waals surface area contributed by atoms with Crippen molar-refractivity contribution < 1.29 is 17.5 Å². The number of aromatic nitrogens is 1. The lowest BCUT2D eigenvalue weighted by atomic mass is 10.2. The molecule has 0 aliphatic rings. The molecule has 0 aliphatic heterocycles. The fourth-order valence-electron chi connectivity index (χ4n) is 2.91. The quantitative estimate of drug-likeness (QED) is 0.500. The van der Waals surface area contributed by atoms with Crippen LogP contribution in [-0.2, 0) is 16.6 Å². The summed E-state index contributed by atoms with van der Waals surface area (Å²) in [6, 6.07) is 21.1. The van der Waals surface area contributed by atoms with Crippen LogP contribution in [0.1, 0.15) is 5.56 Å². The van der Waals surface area contributed by atoms with Gasteiger partial charge >= 0.3 is 0 Å². The first-order chi connectivity index (χ1) is 14.0. The van der Waals surface area contributed by atoms with Gasteiger partial charge in [-0.3, -0.25) is 9.71 Å². The molecule has 5 nitrogen and oxygen atoms in total. The zero-order valence-corrected chi connectivity index (χ0v) is 16.1. The molecule has 0 amide bonds. The summed E-state index contributed by atoms with van der Waals surface area (Å²) in [6.07, 6.45) is 1.69. The van der Waals surface area contributed by atoms with Crippen LogP contribution in [0, 0.1) is 5.82 Å². The molecule has 4 rings (SSSR count). The van der Waals surface area contributed by atoms with Crippen molar-refractivity contribution in [3.63, 3.8) is 0 Å². The van der Waals surface area contributed by atoms with Gasteiger partial charge < -0.3 is 4.74 Å². The van der Waals surface area contributed by atoms with Crippen LogP contribution in [0.15, 0.2) is 90.0 Å². The molecule has 0 atom stereocenters. The largest absolute Gasteiger partial charge is 0.487 e. The zero-order valence-electron chi connectivity index (χ0n) is 15.2. The second-order valence-corrected chi connectivity index (χ2v) is 8.02. The Labute approximate surface area is 167 Å². The molecule has 7 heteroatoms. The Morgan fingerprint density at radius 3 is 2.48 bits per heavy atom. The summed E-state index contributed by atoms with van der Waals surface area (Å²) in [5, 5.41) is 0.954. The maximum atomic E-state index is 13.1. The van der Waals surface area contributed by atoms with Crippen molar-refractivity contribution in [3.05, 3.63) is 96.4 Å². The van der Waals surface area contributed by atoms with E-state index in [4.69, 9.17) is 4.74 Å². The Morgan fingerprint density at radius 1 is 0.897 bits per heavy atom. The number of hydrogen-bond acceptors (Lipinski definition) is 4. The van der Waals surface area contributed by atoms with Gasteiger partial charge in [0.15, 0.2) is 0 Å². The number of anilines is 1. The summed E-state index contributed by atoms with van der Waals surface area (Å²) in [4.78, 5) is 4.33. The summed E-state index contributed by atoms with van der Waals surface area (Å²) in [7, 11) is -3.85. The van der Waals surface area contributed by atoms with E-state index in [1.54, 1.807) is 30.5 Å². The smallest absolute Gasteiger partial charge is 0.261 e. The Balaban J connectivity index is 1.58. The van der Waals surface area contributed by atoms with Crippen molar-refractivity contribution in [1.82, 2.24) is 4.98 Å². The Kier molecular flexibility index (Phi) is 5.14. The average Bonchev–Trinajstić information content (AvgIpc) is 2.73. The van der Waals surface area contributed by atoms with Gasteiger partial charge in [0.05, 0.1) is 10.6 Å². The summed E-state index contributed by atoms with van der Waals surface area (Å²) in [5.41, 5.74) is 1.79. The van der Waals surface area contributed by atoms with Crippen LogP contribution in [0.2, 0.25) is 0 Å². The number of para-hydroxylation sites is 2. The number of fused-ring (bicyclic) bond motifs is 1. The van der Waals surface area contributed by atoms with Crippen LogP contribution >= 0.6 is 0 Å². The van der Waals surface area contributed by atoms with Crippen molar-refractivity contribution in [2.45, 2.75) is 11.5 Å². The summed E-state index contributed by atoms with van der Waals surface area (Å²) in [6.45, 7) is 0.151. The van der Waals surface area contributed by atoms with Gasteiger partial charge in [0.1, 0.15) is 23.7 Å². The van der Waals surface area contributed by atoms with E-state index in [0.717, 1.165) is 23.0 Å². The molecule has 0 spiro atoms. The van der Waals surface area contributed by atoms with Crippen LogP contribution in [0.4, 0.5) is 10.1 Å². The summed E-state index contributed by atoms with van der Waals surface area (Å²) >= 11 is 0. The van der Waals surface area contributed by atoms with Crippen LogP contribution in [0.25, 0.3) is 10.9 Å². The predicted molar refractivity (Wildman–Crippen MR) is 110 cm³/mol. The molecular formula is C22H17FN2O3S. The first kappa shape index (κ1) is 18.9. The maximum Gasteiger partial charge on any atom is 0.261 e. The molecule has 0 fully saturated rings. The van der Waals surface area contributed by atoms with Crippen molar-refractivity contribution >= 4 is 26.6 Å². The predicted octanol–water partition coefficient (Wildman–Crippen LogP) is 4.75. The highest BCUT2D eigenvalue weighted by Gasteiger charge is 2.16. The van der Waals surface area contributed by atoms with Crippen LogP contribution < -0.4 is 9.46 Å². The molecule has 1 aromatic heterocycles. The second kappa shape index (κ2) is 7.89. The molecular weight excluding hydrogens is 391 g/mol. The molecule has 0 unspecified atom stereocenters. The molecule has 29 heavy (non-hydrogen) atoms. The highest BCUT2D eigenvalue weighted by atomic mass is 32.2. The van der Waals surface area contributed by atoms with Crippen LogP contribution in [-0.4, -0.2) is 13.4 Å². The van der Waals surface area contributed by atoms with E-state index in [0.29, 0.717) is 17.0 Å². The van der Waals surface area contributed by atoms with Gasteiger partial charge in [-0.15, -0.1) is 0 Å². The van der Waals surface area contributed by atoms with E-state index in [1.807, 2.05) is 30.3 Å². The van der Waals surface area contributed by atoms with Crippen molar-refractivity contribution in [3.8, 4) is 5.75 Å². The van der Waals surface area contributed by atoms with Gasteiger partial charge in [0.25, 0.3) is 10.0 Å². The van der Waals surface area contributed by atoms with E-state index < -0.39 is 15.8 Å². The molecule has 3 aromatic carbocycles. The first-order valence-corrected chi connectivity index (χ1v) is 10.3. The summed E-state index contributed by atoms with van der Waals surface area (Å²) in [5.74, 6) is 0.112. The maximum absolute atomic E-state index is 13.1. The average molecular weight is 408 g/mol. The minimum absolute atomic E-state index is 0.0205. The highest BCUT2D eigenvalue weighted by molar-refractivity contribution is 7.92. The zero-order chi connectivity index (χ0) is 20.3. The molecule has 146 valence electrons. The second-order valence-electron chi connectivity index (χ2n) is 6.34. The molecule has 0 radical (unpaired) electrons. The fraction of sp³-hybridized carbons (Fsp3) is 0.0455. The molecule has 1 heterocycles. The minimum atomic E-state index is -3.85. The van der Waals surface area contributed by atoms with Gasteiger partial charge in [0.2, 0.25) is 0 Å². The van der Waals surface area contributed by atoms with Gasteiger partial charge in [-0.05, 0) is 42.5 Å². The number of pyridine rings is 1. The normalized spacial score (nSPS) is 11.3. The number of nitrogens with zero attached hydrogens (tertiary/aromatic N) is 1. The van der Waals surface area contributed by atoms with Crippen molar-refractivity contribution in [2.75, 3.05) is 4.72 Å². The monoisotopic (exact) mass is 408 g/mol. The van der Waals surface area contributed by atoms with Gasteiger partial charge in [0, 0.05) is 17.1 Å². The molecule has 1 N–H and O–H groups in total. The van der Waals surface area contributed by atoms with Crippen LogP contribution in [0.3, 0.4) is 0 Å². The number of halogens is 1. The Bertz CT molecular complexity index is 1250. The van der Waals surface area contributed by atoms with Crippen molar-refractivity contribution in [2.24, 2.45) is 0 Å². The Morgan fingerprint density at radius 2 is 1.66 bits per heavy atom. The Hall–Kier alpha value is -3.45. The molecule has 0 bridgehead atoms. The third-order valence-corrected chi connectivity index (χ3v) is 5.75. The van der Waals surface area contributed by atoms with Crippen LogP contribution in [0.5, 0.6) is 5.75 Å². The van der Waals surface area contributed by atoms with E-state index in [-0.39, 0.29) is 11.5 Å². The summed E-state index contributed by atoms with van der Waals surface area (Å²) < 4.78 is 46.8. The lowest BCUT2D eigenvalue weighted by Crippen LogP contribution is -2.14. The topological polar surface area (TPSA) is 68.3 Å². The molecule has 4 aromatic rings. The number of nitrogens with one attached hydrogen (secondary N) is 1. The number of ether oxygens (including phenoxy) is 1. The molecule has 0 aliphatic carbocycles. The number of benzene rings is 3. The van der Waals surface area contributed by atoms with Crippen molar-refractivity contribution in [1.29, 1.82) is 0 Å². The standard InChI is InChI=1S/C22H17FN2O3S/c23-18-10-12-19(13-11-18)29(26,27)25-20-8-2-1-5-17(20)15-28-21-9-3-6-16-7-4-14-24-22(16)21/h1-14,25H,15H2. The van der Waals surface area contributed by atoms with Gasteiger partial charge in [-0.2, -0.15) is 0 Å². The molecule has 0 saturated carbocycles.